The molecule has 3 aliphatic rings. The summed E-state index contributed by atoms with van der Waals surface area (Å²) in [6.07, 6.45) is -0.125. The quantitative estimate of drug-likeness (QED) is 0.786. The third kappa shape index (κ3) is 2.54. The van der Waals surface area contributed by atoms with Gasteiger partial charge in [-0.1, -0.05) is 18.2 Å². The molecule has 5 atom stereocenters. The highest BCUT2D eigenvalue weighted by Crippen LogP contribution is 2.60. The van der Waals surface area contributed by atoms with Gasteiger partial charge in [0.15, 0.2) is 12.1 Å². The molecular formula is C18H22O6. The molecule has 0 bridgehead atoms. The van der Waals surface area contributed by atoms with Crippen LogP contribution in [0.3, 0.4) is 0 Å². The summed E-state index contributed by atoms with van der Waals surface area (Å²) in [7, 11) is 1.60. The number of benzene rings is 1. The van der Waals surface area contributed by atoms with Crippen molar-refractivity contribution in [1.29, 1.82) is 0 Å². The van der Waals surface area contributed by atoms with E-state index in [2.05, 4.69) is 0 Å². The number of esters is 1. The van der Waals surface area contributed by atoms with Crippen LogP contribution in [0, 0.1) is 5.92 Å². The molecule has 0 radical (unpaired) electrons. The molecule has 1 aromatic carbocycles. The van der Waals surface area contributed by atoms with E-state index in [1.165, 1.54) is 0 Å². The lowest BCUT2D eigenvalue weighted by molar-refractivity contribution is -0.235. The molecule has 3 fully saturated rings. The van der Waals surface area contributed by atoms with E-state index in [0.29, 0.717) is 12.2 Å². The smallest absolute Gasteiger partial charge is 0.338 e. The monoisotopic (exact) mass is 334 g/mol. The summed E-state index contributed by atoms with van der Waals surface area (Å²) < 4.78 is 28.9. The van der Waals surface area contributed by atoms with Crippen molar-refractivity contribution in [3.63, 3.8) is 0 Å². The highest BCUT2D eigenvalue weighted by atomic mass is 16.8. The van der Waals surface area contributed by atoms with E-state index in [1.807, 2.05) is 32.0 Å². The van der Waals surface area contributed by atoms with Gasteiger partial charge in [-0.15, -0.1) is 0 Å². The maximum atomic E-state index is 12.1. The summed E-state index contributed by atoms with van der Waals surface area (Å²) in [5.74, 6) is -0.883. The van der Waals surface area contributed by atoms with E-state index in [9.17, 15) is 4.79 Å². The SMILES string of the molecule is CO[C@@H]1O[C@@]2(C[C@H]2COC(=O)c2ccccc2)C2OC(C)(C)OC21. The van der Waals surface area contributed by atoms with Crippen LogP contribution in [0.15, 0.2) is 30.3 Å². The lowest BCUT2D eigenvalue weighted by atomic mass is 10.1. The predicted octanol–water partition coefficient (Wildman–Crippen LogP) is 2.12. The molecule has 2 saturated heterocycles. The largest absolute Gasteiger partial charge is 0.462 e. The van der Waals surface area contributed by atoms with Gasteiger partial charge in [-0.25, -0.2) is 4.79 Å². The molecule has 1 aromatic rings. The van der Waals surface area contributed by atoms with Crippen molar-refractivity contribution in [3.8, 4) is 0 Å². The molecular weight excluding hydrogens is 312 g/mol. The molecule has 4 rings (SSSR count). The average molecular weight is 334 g/mol. The van der Waals surface area contributed by atoms with E-state index in [1.54, 1.807) is 19.2 Å². The number of fused-ring (bicyclic) bond motifs is 2. The summed E-state index contributed by atoms with van der Waals surface area (Å²) in [6, 6.07) is 8.97. The van der Waals surface area contributed by atoms with Gasteiger partial charge in [0.1, 0.15) is 17.8 Å². The van der Waals surface area contributed by atoms with Crippen molar-refractivity contribution in [3.05, 3.63) is 35.9 Å². The van der Waals surface area contributed by atoms with Crippen LogP contribution in [0.4, 0.5) is 0 Å². The molecule has 6 nitrogen and oxygen atoms in total. The van der Waals surface area contributed by atoms with Gasteiger partial charge in [0.25, 0.3) is 0 Å². The van der Waals surface area contributed by atoms with Crippen LogP contribution in [0.2, 0.25) is 0 Å². The topological polar surface area (TPSA) is 63.2 Å². The van der Waals surface area contributed by atoms with Gasteiger partial charge in [-0.2, -0.15) is 0 Å². The zero-order chi connectivity index (χ0) is 16.9. The molecule has 1 saturated carbocycles. The highest BCUT2D eigenvalue weighted by molar-refractivity contribution is 5.89. The predicted molar refractivity (Wildman–Crippen MR) is 83.3 cm³/mol. The van der Waals surface area contributed by atoms with Crippen LogP contribution in [-0.2, 0) is 23.7 Å². The van der Waals surface area contributed by atoms with Gasteiger partial charge in [-0.05, 0) is 32.4 Å². The Bertz CT molecular complexity index is 630. The number of hydrogen-bond donors (Lipinski definition) is 0. The lowest BCUT2D eigenvalue weighted by Gasteiger charge is -2.24. The third-order valence-electron chi connectivity index (χ3n) is 4.97. The molecule has 0 N–H and O–H groups in total. The second-order valence-electron chi connectivity index (χ2n) is 7.06. The first-order valence-electron chi connectivity index (χ1n) is 8.24. The molecule has 0 amide bonds. The molecule has 0 aromatic heterocycles. The molecule has 1 aliphatic carbocycles. The third-order valence-corrected chi connectivity index (χ3v) is 4.97. The fourth-order valence-corrected chi connectivity index (χ4v) is 3.75. The second-order valence-corrected chi connectivity index (χ2v) is 7.06. The number of methoxy groups -OCH3 is 1. The molecule has 130 valence electrons. The van der Waals surface area contributed by atoms with Crippen molar-refractivity contribution in [2.45, 2.75) is 50.2 Å². The molecule has 2 unspecified atom stereocenters. The van der Waals surface area contributed by atoms with Gasteiger partial charge in [0.05, 0.1) is 12.2 Å². The van der Waals surface area contributed by atoms with E-state index in [0.717, 1.165) is 6.42 Å². The fraction of sp³-hybridized carbons (Fsp3) is 0.611. The number of carbonyl (C=O) groups excluding carboxylic acids is 1. The Labute approximate surface area is 141 Å². The minimum absolute atomic E-state index is 0.0929. The Morgan fingerprint density at radius 2 is 1.96 bits per heavy atom. The second kappa shape index (κ2) is 5.52. The van der Waals surface area contributed by atoms with E-state index >= 15 is 0 Å². The lowest BCUT2D eigenvalue weighted by Crippen LogP contribution is -2.33. The van der Waals surface area contributed by atoms with E-state index in [4.69, 9.17) is 23.7 Å². The van der Waals surface area contributed by atoms with Gasteiger partial charge in [0, 0.05) is 13.0 Å². The minimum atomic E-state index is -0.656. The maximum absolute atomic E-state index is 12.1. The van der Waals surface area contributed by atoms with Gasteiger partial charge >= 0.3 is 5.97 Å². The van der Waals surface area contributed by atoms with Crippen LogP contribution in [0.1, 0.15) is 30.6 Å². The summed E-state index contributed by atoms with van der Waals surface area (Å²) in [4.78, 5) is 12.1. The normalized spacial score (nSPS) is 39.0. The average Bonchev–Trinajstić information content (AvgIpc) is 3.07. The molecule has 2 heterocycles. The molecule has 6 heteroatoms. The van der Waals surface area contributed by atoms with Gasteiger partial charge in [-0.3, -0.25) is 0 Å². The van der Waals surface area contributed by atoms with Crippen molar-refractivity contribution >= 4 is 5.97 Å². The molecule has 24 heavy (non-hydrogen) atoms. The van der Waals surface area contributed by atoms with Crippen molar-refractivity contribution in [2.24, 2.45) is 5.92 Å². The Kier molecular flexibility index (Phi) is 3.69. The fourth-order valence-electron chi connectivity index (χ4n) is 3.75. The van der Waals surface area contributed by atoms with Crippen molar-refractivity contribution in [2.75, 3.05) is 13.7 Å². The summed E-state index contributed by atoms with van der Waals surface area (Å²) in [5, 5.41) is 0. The Balaban J connectivity index is 1.41. The van der Waals surface area contributed by atoms with Crippen LogP contribution in [-0.4, -0.2) is 49.6 Å². The minimum Gasteiger partial charge on any atom is -0.462 e. The number of hydrogen-bond acceptors (Lipinski definition) is 6. The summed E-state index contributed by atoms with van der Waals surface area (Å²) >= 11 is 0. The number of carbonyl (C=O) groups is 1. The van der Waals surface area contributed by atoms with Crippen LogP contribution in [0.5, 0.6) is 0 Å². The molecule has 2 aliphatic heterocycles. The van der Waals surface area contributed by atoms with Crippen molar-refractivity contribution in [1.82, 2.24) is 0 Å². The zero-order valence-electron chi connectivity index (χ0n) is 14.1. The van der Waals surface area contributed by atoms with Crippen LogP contribution in [0.25, 0.3) is 0 Å². The summed E-state index contributed by atoms with van der Waals surface area (Å²) in [5.41, 5.74) is 0.0737. The molecule has 1 spiro atoms. The highest BCUT2D eigenvalue weighted by Gasteiger charge is 2.73. The zero-order valence-corrected chi connectivity index (χ0v) is 14.1. The summed E-state index contributed by atoms with van der Waals surface area (Å²) in [6.45, 7) is 4.08. The van der Waals surface area contributed by atoms with E-state index < -0.39 is 17.7 Å². The standard InChI is InChI=1S/C18H22O6/c1-17(2)22-13-14(23-17)18(24-16(13)20-3)9-12(18)10-21-15(19)11-7-5-4-6-8-11/h4-8,12-14,16H,9-10H2,1-3H3/t12-,13?,14?,16+,18+/m0/s1. The van der Waals surface area contributed by atoms with Gasteiger partial charge in [0.2, 0.25) is 0 Å². The Morgan fingerprint density at radius 3 is 2.67 bits per heavy atom. The van der Waals surface area contributed by atoms with E-state index in [-0.39, 0.29) is 24.1 Å². The number of rotatable bonds is 4. The Hall–Kier alpha value is -1.47. The first-order valence-corrected chi connectivity index (χ1v) is 8.24. The Morgan fingerprint density at radius 1 is 1.21 bits per heavy atom. The maximum Gasteiger partial charge on any atom is 0.338 e. The number of ether oxygens (including phenoxy) is 5. The first kappa shape index (κ1) is 16.0. The first-order chi connectivity index (χ1) is 11.5. The van der Waals surface area contributed by atoms with Crippen LogP contribution >= 0.6 is 0 Å². The van der Waals surface area contributed by atoms with Gasteiger partial charge < -0.3 is 23.7 Å². The van der Waals surface area contributed by atoms with Crippen molar-refractivity contribution < 1.29 is 28.5 Å². The van der Waals surface area contributed by atoms with Crippen LogP contribution < -0.4 is 0 Å².